The van der Waals surface area contributed by atoms with Crippen molar-refractivity contribution in [2.75, 3.05) is 13.1 Å². The Balaban J connectivity index is 1.45. The summed E-state index contributed by atoms with van der Waals surface area (Å²) in [5.41, 5.74) is 5.24. The number of aliphatic hydroxyl groups is 2. The molecule has 0 spiro atoms. The lowest BCUT2D eigenvalue weighted by Crippen LogP contribution is -2.71. The third-order valence-electron chi connectivity index (χ3n) is 13.1. The van der Waals surface area contributed by atoms with Gasteiger partial charge in [0.1, 0.15) is 0 Å². The number of aliphatic hydroxyl groups excluding tert-OH is 1. The number of unbranched alkanes of at least 4 members (excludes halogenated alkanes) is 5. The predicted molar refractivity (Wildman–Crippen MR) is 164 cm³/mol. The van der Waals surface area contributed by atoms with Crippen molar-refractivity contribution in [2.24, 2.45) is 52.1 Å². The summed E-state index contributed by atoms with van der Waals surface area (Å²) in [5.74, 6) is 4.62. The molecule has 0 aromatic rings. The van der Waals surface area contributed by atoms with Crippen LogP contribution in [-0.2, 0) is 0 Å². The highest BCUT2D eigenvalue weighted by Crippen LogP contribution is 2.69. The van der Waals surface area contributed by atoms with Crippen molar-refractivity contribution in [3.8, 4) is 0 Å². The molecule has 0 radical (unpaired) electrons. The smallest absolute Gasteiger partial charge is 0.0880 e. The number of fused-ring (bicyclic) bond motifs is 5. The fraction of sp³-hybridized carbons (Fsp3) is 1.00. The maximum atomic E-state index is 12.5. The van der Waals surface area contributed by atoms with Gasteiger partial charge in [0.15, 0.2) is 0 Å². The van der Waals surface area contributed by atoms with Gasteiger partial charge >= 0.3 is 0 Å². The number of hydrogen-bond acceptors (Lipinski definition) is 4. The highest BCUT2D eigenvalue weighted by atomic mass is 16.3. The van der Waals surface area contributed by atoms with Gasteiger partial charge in [0.2, 0.25) is 0 Å². The van der Waals surface area contributed by atoms with Crippen molar-refractivity contribution in [1.29, 1.82) is 0 Å². The second-order valence-electron chi connectivity index (χ2n) is 15.8. The summed E-state index contributed by atoms with van der Waals surface area (Å²) < 4.78 is 0. The van der Waals surface area contributed by atoms with Crippen LogP contribution in [0.25, 0.3) is 0 Å². The Labute approximate surface area is 242 Å². The molecule has 0 aromatic carbocycles. The van der Waals surface area contributed by atoms with Crippen LogP contribution >= 0.6 is 0 Å². The Morgan fingerprint density at radius 1 is 0.846 bits per heavy atom. The number of nitrogens with two attached hydrogens (primary N) is 1. The van der Waals surface area contributed by atoms with E-state index in [9.17, 15) is 10.2 Å². The molecule has 228 valence electrons. The van der Waals surface area contributed by atoms with E-state index in [2.05, 4.69) is 39.9 Å². The predicted octanol–water partition coefficient (Wildman–Crippen LogP) is 7.45. The van der Waals surface area contributed by atoms with Crippen molar-refractivity contribution in [3.05, 3.63) is 0 Å². The molecule has 39 heavy (non-hydrogen) atoms. The average Bonchev–Trinajstić information content (AvgIpc) is 3.24. The van der Waals surface area contributed by atoms with E-state index in [1.165, 1.54) is 77.0 Å². The maximum Gasteiger partial charge on any atom is 0.0880 e. The van der Waals surface area contributed by atoms with Gasteiger partial charge in [-0.25, -0.2) is 0 Å². The molecular formula is C35H66N2O2. The van der Waals surface area contributed by atoms with E-state index in [1.807, 2.05) is 0 Å². The molecule has 5 N–H and O–H groups in total. The number of nitrogens with one attached hydrogen (secondary N) is 1. The van der Waals surface area contributed by atoms with Gasteiger partial charge in [0, 0.05) is 17.9 Å². The molecule has 4 fully saturated rings. The van der Waals surface area contributed by atoms with Crippen LogP contribution in [0.1, 0.15) is 144 Å². The van der Waals surface area contributed by atoms with Gasteiger partial charge in [0.25, 0.3) is 0 Å². The van der Waals surface area contributed by atoms with Crippen LogP contribution in [0.5, 0.6) is 0 Å². The van der Waals surface area contributed by atoms with Crippen LogP contribution in [0.3, 0.4) is 0 Å². The SMILES string of the molecule is CC(C)CCCC(C)[C@H]1CCC2C3C[C@@H](NCCCCCCCCN)[C@@]4(O)C[C@@H](O)CC[C@]4(C)C3CC[C@@]21C. The fourth-order valence-corrected chi connectivity index (χ4v) is 10.8. The van der Waals surface area contributed by atoms with Crippen molar-refractivity contribution in [1.82, 2.24) is 5.32 Å². The van der Waals surface area contributed by atoms with E-state index in [0.717, 1.165) is 62.4 Å². The summed E-state index contributed by atoms with van der Waals surface area (Å²) in [6, 6.07) is 0.112. The van der Waals surface area contributed by atoms with Crippen LogP contribution in [0.15, 0.2) is 0 Å². The van der Waals surface area contributed by atoms with Gasteiger partial charge in [-0.05, 0) is 112 Å². The second kappa shape index (κ2) is 13.4. The topological polar surface area (TPSA) is 78.5 Å². The molecular weight excluding hydrogens is 480 g/mol. The fourth-order valence-electron chi connectivity index (χ4n) is 10.8. The minimum atomic E-state index is -0.789. The van der Waals surface area contributed by atoms with E-state index in [-0.39, 0.29) is 17.6 Å². The molecule has 4 aliphatic carbocycles. The van der Waals surface area contributed by atoms with Gasteiger partial charge in [-0.2, -0.15) is 0 Å². The first-order chi connectivity index (χ1) is 18.6. The van der Waals surface area contributed by atoms with Gasteiger partial charge < -0.3 is 21.3 Å². The van der Waals surface area contributed by atoms with Crippen LogP contribution in [0.4, 0.5) is 0 Å². The van der Waals surface area contributed by atoms with Crippen LogP contribution < -0.4 is 11.1 Å². The highest BCUT2D eigenvalue weighted by Gasteiger charge is 2.67. The summed E-state index contributed by atoms with van der Waals surface area (Å²) in [6.07, 6.45) is 20.1. The zero-order valence-electron chi connectivity index (χ0n) is 26.5. The summed E-state index contributed by atoms with van der Waals surface area (Å²) in [5, 5.41) is 27.1. The Bertz CT molecular complexity index is 759. The van der Waals surface area contributed by atoms with Crippen LogP contribution in [0, 0.1) is 46.3 Å². The molecule has 4 saturated carbocycles. The van der Waals surface area contributed by atoms with E-state index in [4.69, 9.17) is 5.73 Å². The molecule has 10 atom stereocenters. The first-order valence-electron chi connectivity index (χ1n) is 17.4. The largest absolute Gasteiger partial charge is 0.393 e. The number of rotatable bonds is 14. The summed E-state index contributed by atoms with van der Waals surface area (Å²) >= 11 is 0. The van der Waals surface area contributed by atoms with Gasteiger partial charge in [-0.15, -0.1) is 0 Å². The summed E-state index contributed by atoms with van der Waals surface area (Å²) in [7, 11) is 0. The van der Waals surface area contributed by atoms with Crippen molar-refractivity contribution >= 4 is 0 Å². The molecule has 0 saturated heterocycles. The molecule has 0 bridgehead atoms. The molecule has 0 aliphatic heterocycles. The monoisotopic (exact) mass is 547 g/mol. The standard InChI is InChI=1S/C35H66N2O2/c1-25(2)13-12-14-26(3)29-15-16-30-28-23-32(37-22-11-9-7-6-8-10-21-36)35(39)24-27(38)17-20-34(35,5)31(28)18-19-33(29,30)4/h25-32,37-39H,6-24,36H2,1-5H3/t26?,27-,28?,29+,30?,31?,32+,33+,34+,35-/m0/s1. The maximum absolute atomic E-state index is 12.5. The van der Waals surface area contributed by atoms with E-state index in [1.54, 1.807) is 0 Å². The van der Waals surface area contributed by atoms with E-state index < -0.39 is 5.60 Å². The molecule has 4 heteroatoms. The van der Waals surface area contributed by atoms with Gasteiger partial charge in [-0.1, -0.05) is 79.6 Å². The normalized spacial score (nSPS) is 42.7. The molecule has 4 nitrogen and oxygen atoms in total. The van der Waals surface area contributed by atoms with Gasteiger partial charge in [0.05, 0.1) is 11.7 Å². The average molecular weight is 547 g/mol. The third kappa shape index (κ3) is 6.45. The zero-order valence-corrected chi connectivity index (χ0v) is 26.5. The van der Waals surface area contributed by atoms with Crippen molar-refractivity contribution in [2.45, 2.75) is 162 Å². The molecule has 0 aromatic heterocycles. The first kappa shape index (κ1) is 31.8. The lowest BCUT2D eigenvalue weighted by molar-refractivity contribution is -0.234. The van der Waals surface area contributed by atoms with Crippen molar-refractivity contribution in [3.63, 3.8) is 0 Å². The number of hydrogen-bond donors (Lipinski definition) is 4. The molecule has 0 heterocycles. The van der Waals surface area contributed by atoms with Gasteiger partial charge in [-0.3, -0.25) is 0 Å². The lowest BCUT2D eigenvalue weighted by atomic mass is 9.42. The van der Waals surface area contributed by atoms with Crippen LogP contribution in [-0.4, -0.2) is 41.0 Å². The Hall–Kier alpha value is -0.160. The third-order valence-corrected chi connectivity index (χ3v) is 13.1. The second-order valence-corrected chi connectivity index (χ2v) is 15.8. The lowest BCUT2D eigenvalue weighted by Gasteiger charge is -2.66. The quantitative estimate of drug-likeness (QED) is 0.171. The van der Waals surface area contributed by atoms with E-state index in [0.29, 0.717) is 23.7 Å². The highest BCUT2D eigenvalue weighted by molar-refractivity contribution is 5.18. The first-order valence-corrected chi connectivity index (χ1v) is 17.4. The molecule has 4 aliphatic rings. The Morgan fingerprint density at radius 3 is 2.28 bits per heavy atom. The Morgan fingerprint density at radius 2 is 1.56 bits per heavy atom. The summed E-state index contributed by atoms with van der Waals surface area (Å²) in [4.78, 5) is 0. The summed E-state index contributed by atoms with van der Waals surface area (Å²) in [6.45, 7) is 14.2. The Kier molecular flexibility index (Phi) is 10.9. The molecule has 4 unspecified atom stereocenters. The molecule has 0 amide bonds. The van der Waals surface area contributed by atoms with E-state index >= 15 is 0 Å². The minimum Gasteiger partial charge on any atom is -0.393 e. The van der Waals surface area contributed by atoms with Crippen LogP contribution in [0.2, 0.25) is 0 Å². The van der Waals surface area contributed by atoms with Crippen molar-refractivity contribution < 1.29 is 10.2 Å². The zero-order chi connectivity index (χ0) is 28.3. The molecule has 4 rings (SSSR count). The minimum absolute atomic E-state index is 0.0860.